The van der Waals surface area contributed by atoms with Gasteiger partial charge in [0.25, 0.3) is 0 Å². The molecule has 2 aliphatic rings. The molecule has 1 N–H and O–H groups in total. The van der Waals surface area contributed by atoms with Crippen molar-refractivity contribution in [3.8, 4) is 0 Å². The minimum atomic E-state index is 1.09. The van der Waals surface area contributed by atoms with Gasteiger partial charge in [0.1, 0.15) is 0 Å². The van der Waals surface area contributed by atoms with Crippen molar-refractivity contribution in [2.45, 2.75) is 12.8 Å². The average Bonchev–Trinajstić information content (AvgIpc) is 2.41. The van der Waals surface area contributed by atoms with E-state index < -0.39 is 0 Å². The Morgan fingerprint density at radius 2 is 2.29 bits per heavy atom. The minimum Gasteiger partial charge on any atom is -0.316 e. The van der Waals surface area contributed by atoms with Crippen LogP contribution in [0.4, 0.5) is 0 Å². The number of nitrogens with one attached hydrogen (secondary N) is 1. The molecule has 0 amide bonds. The van der Waals surface area contributed by atoms with Crippen LogP contribution in [0.1, 0.15) is 12.8 Å². The Bertz CT molecular complexity index is 70.2. The second-order valence-electron chi connectivity index (χ2n) is 2.75. The van der Waals surface area contributed by atoms with Crippen molar-refractivity contribution in [3.63, 3.8) is 0 Å². The maximum atomic E-state index is 3.38. The van der Waals surface area contributed by atoms with Crippen LogP contribution in [-0.2, 0) is 0 Å². The molecule has 1 saturated carbocycles. The van der Waals surface area contributed by atoms with Crippen LogP contribution in [0.25, 0.3) is 0 Å². The highest BCUT2D eigenvalue weighted by molar-refractivity contribution is 4.91. The summed E-state index contributed by atoms with van der Waals surface area (Å²) in [5, 5.41) is 3.38. The summed E-state index contributed by atoms with van der Waals surface area (Å²) >= 11 is 0. The van der Waals surface area contributed by atoms with Gasteiger partial charge in [0, 0.05) is 0 Å². The summed E-state index contributed by atoms with van der Waals surface area (Å²) in [5.74, 6) is 2.23. The number of fused-ring (bicyclic) bond motifs is 1. The van der Waals surface area contributed by atoms with E-state index in [2.05, 4.69) is 5.32 Å². The monoisotopic (exact) mass is 97.1 g/mol. The van der Waals surface area contributed by atoms with Gasteiger partial charge in [0.15, 0.2) is 0 Å². The third kappa shape index (κ3) is 0.556. The maximum Gasteiger partial charge on any atom is -0.00178 e. The summed E-state index contributed by atoms with van der Waals surface area (Å²) in [6, 6.07) is 0. The smallest absolute Gasteiger partial charge is 0.00178 e. The van der Waals surface area contributed by atoms with E-state index in [9.17, 15) is 0 Å². The molecule has 0 spiro atoms. The highest BCUT2D eigenvalue weighted by Crippen LogP contribution is 2.42. The van der Waals surface area contributed by atoms with E-state index in [4.69, 9.17) is 0 Å². The van der Waals surface area contributed by atoms with Crippen molar-refractivity contribution in [2.24, 2.45) is 11.8 Å². The van der Waals surface area contributed by atoms with Crippen LogP contribution in [0, 0.1) is 11.8 Å². The van der Waals surface area contributed by atoms with Crippen molar-refractivity contribution in [3.05, 3.63) is 0 Å². The molecule has 1 aliphatic heterocycles. The number of hydrogen-bond acceptors (Lipinski definition) is 1. The predicted molar refractivity (Wildman–Crippen MR) is 29.1 cm³/mol. The molecule has 1 saturated heterocycles. The first-order valence-electron chi connectivity index (χ1n) is 3.17. The molecule has 40 valence electrons. The van der Waals surface area contributed by atoms with Crippen molar-refractivity contribution in [1.29, 1.82) is 0 Å². The summed E-state index contributed by atoms with van der Waals surface area (Å²) < 4.78 is 0. The second kappa shape index (κ2) is 1.22. The predicted octanol–water partition coefficient (Wildman–Crippen LogP) is 0.616. The second-order valence-corrected chi connectivity index (χ2v) is 2.75. The molecule has 0 aromatic heterocycles. The molecule has 2 atom stereocenters. The Morgan fingerprint density at radius 1 is 1.29 bits per heavy atom. The quantitative estimate of drug-likeness (QED) is 0.467. The van der Waals surface area contributed by atoms with Crippen LogP contribution in [0.15, 0.2) is 0 Å². The largest absolute Gasteiger partial charge is 0.316 e. The van der Waals surface area contributed by atoms with E-state index in [1.165, 1.54) is 25.9 Å². The normalized spacial score (nSPS) is 48.0. The Kier molecular flexibility index (Phi) is 0.680. The molecular weight excluding hydrogens is 86.1 g/mol. The number of piperidine rings is 1. The third-order valence-corrected chi connectivity index (χ3v) is 2.17. The zero-order valence-corrected chi connectivity index (χ0v) is 4.48. The lowest BCUT2D eigenvalue weighted by molar-refractivity contribution is 0.497. The summed E-state index contributed by atoms with van der Waals surface area (Å²) in [5.41, 5.74) is 0. The van der Waals surface area contributed by atoms with Gasteiger partial charge in [-0.15, -0.1) is 0 Å². The van der Waals surface area contributed by atoms with E-state index in [0.717, 1.165) is 11.8 Å². The average molecular weight is 97.2 g/mol. The summed E-state index contributed by atoms with van der Waals surface area (Å²) in [7, 11) is 0. The molecule has 7 heavy (non-hydrogen) atoms. The molecule has 1 nitrogen and oxygen atoms in total. The highest BCUT2D eigenvalue weighted by Gasteiger charge is 2.38. The van der Waals surface area contributed by atoms with E-state index >= 15 is 0 Å². The lowest BCUT2D eigenvalue weighted by atomic mass is 10.2. The van der Waals surface area contributed by atoms with Gasteiger partial charge < -0.3 is 5.32 Å². The lowest BCUT2D eigenvalue weighted by Gasteiger charge is -2.08. The van der Waals surface area contributed by atoms with Crippen LogP contribution in [-0.4, -0.2) is 13.1 Å². The van der Waals surface area contributed by atoms with Gasteiger partial charge in [0.2, 0.25) is 0 Å². The van der Waals surface area contributed by atoms with Gasteiger partial charge in [-0.3, -0.25) is 0 Å². The van der Waals surface area contributed by atoms with Crippen LogP contribution in [0.3, 0.4) is 0 Å². The highest BCUT2D eigenvalue weighted by atomic mass is 14.9. The molecule has 1 heterocycles. The molecule has 1 heteroatoms. The van der Waals surface area contributed by atoms with Gasteiger partial charge in [0.05, 0.1) is 0 Å². The summed E-state index contributed by atoms with van der Waals surface area (Å²) in [6.07, 6.45) is 2.97. The summed E-state index contributed by atoms with van der Waals surface area (Å²) in [6.45, 7) is 2.59. The number of hydrogen-bond donors (Lipinski definition) is 1. The van der Waals surface area contributed by atoms with Gasteiger partial charge >= 0.3 is 0 Å². The zero-order chi connectivity index (χ0) is 4.69. The van der Waals surface area contributed by atoms with Gasteiger partial charge in [-0.1, -0.05) is 0 Å². The Labute approximate surface area is 44.1 Å². The van der Waals surface area contributed by atoms with Crippen molar-refractivity contribution in [2.75, 3.05) is 13.1 Å². The molecular formula is C6H11N. The van der Waals surface area contributed by atoms with Gasteiger partial charge in [-0.25, -0.2) is 0 Å². The summed E-state index contributed by atoms with van der Waals surface area (Å²) in [4.78, 5) is 0. The fourth-order valence-corrected chi connectivity index (χ4v) is 1.49. The standard InChI is InChI=1S/C6H11N/c1-2-7-4-6-3-5(1)6/h5-7H,1-4H2/t5-,6-/m0/s1. The Morgan fingerprint density at radius 3 is 2.86 bits per heavy atom. The number of rotatable bonds is 0. The molecule has 0 radical (unpaired) electrons. The first-order valence-corrected chi connectivity index (χ1v) is 3.17. The van der Waals surface area contributed by atoms with Crippen LogP contribution in [0.2, 0.25) is 0 Å². The van der Waals surface area contributed by atoms with E-state index in [1.807, 2.05) is 0 Å². The van der Waals surface area contributed by atoms with E-state index in [1.54, 1.807) is 0 Å². The molecule has 0 aromatic rings. The fraction of sp³-hybridized carbons (Fsp3) is 1.00. The Balaban J connectivity index is 1.95. The van der Waals surface area contributed by atoms with Crippen LogP contribution >= 0.6 is 0 Å². The molecule has 2 rings (SSSR count). The van der Waals surface area contributed by atoms with Crippen LogP contribution in [0.5, 0.6) is 0 Å². The van der Waals surface area contributed by atoms with Gasteiger partial charge in [-0.2, -0.15) is 0 Å². The van der Waals surface area contributed by atoms with Crippen LogP contribution < -0.4 is 5.32 Å². The molecule has 0 aromatic carbocycles. The molecule has 2 fully saturated rings. The Hall–Kier alpha value is -0.0400. The SMILES string of the molecule is C1C[C@H]2C[C@H]2CN1. The van der Waals surface area contributed by atoms with Gasteiger partial charge in [-0.05, 0) is 37.8 Å². The van der Waals surface area contributed by atoms with Crippen molar-refractivity contribution >= 4 is 0 Å². The first kappa shape index (κ1) is 3.90. The van der Waals surface area contributed by atoms with Crippen molar-refractivity contribution < 1.29 is 0 Å². The topological polar surface area (TPSA) is 12.0 Å². The lowest BCUT2D eigenvalue weighted by Crippen LogP contribution is -2.23. The molecule has 0 unspecified atom stereocenters. The minimum absolute atomic E-state index is 1.09. The zero-order valence-electron chi connectivity index (χ0n) is 4.48. The first-order chi connectivity index (χ1) is 3.47. The van der Waals surface area contributed by atoms with E-state index in [0.29, 0.717) is 0 Å². The fourth-order valence-electron chi connectivity index (χ4n) is 1.49. The van der Waals surface area contributed by atoms with E-state index in [-0.39, 0.29) is 0 Å². The molecule has 0 bridgehead atoms. The third-order valence-electron chi connectivity index (χ3n) is 2.17. The molecule has 1 aliphatic carbocycles. The van der Waals surface area contributed by atoms with Crippen molar-refractivity contribution in [1.82, 2.24) is 5.32 Å². The maximum absolute atomic E-state index is 3.38.